The number of carbonyl (C=O) groups excluding carboxylic acids is 1. The lowest BCUT2D eigenvalue weighted by atomic mass is 9.51. The lowest BCUT2D eigenvalue weighted by Gasteiger charge is -2.55. The van der Waals surface area contributed by atoms with Crippen LogP contribution in [-0.2, 0) is 4.79 Å². The summed E-state index contributed by atoms with van der Waals surface area (Å²) < 4.78 is 1.16. The predicted molar refractivity (Wildman–Crippen MR) is 88.2 cm³/mol. The van der Waals surface area contributed by atoms with Crippen molar-refractivity contribution in [1.29, 1.82) is 0 Å². The fourth-order valence-electron chi connectivity index (χ4n) is 3.50. The highest BCUT2D eigenvalue weighted by Gasteiger charge is 2.59. The van der Waals surface area contributed by atoms with Gasteiger partial charge in [-0.2, -0.15) is 0 Å². The molecule has 0 aromatic heterocycles. The monoisotopic (exact) mass is 410 g/mol. The summed E-state index contributed by atoms with van der Waals surface area (Å²) in [7, 11) is 0. The molecule has 0 aromatic carbocycles. The molecule has 2 rings (SSSR count). The Morgan fingerprint density at radius 3 is 2.42 bits per heavy atom. The Kier molecular flexibility index (Phi) is 4.09. The molecular formula is C15H21Br2ClO. The Balaban J connectivity index is 2.48. The topological polar surface area (TPSA) is 17.1 Å². The fraction of sp³-hybridized carbons (Fsp3) is 0.800. The summed E-state index contributed by atoms with van der Waals surface area (Å²) in [6.07, 6.45) is 4.61. The molecule has 1 nitrogen and oxygen atoms in total. The van der Waals surface area contributed by atoms with Crippen molar-refractivity contribution in [3.8, 4) is 0 Å². The van der Waals surface area contributed by atoms with Gasteiger partial charge in [-0.25, -0.2) is 0 Å². The van der Waals surface area contributed by atoms with Gasteiger partial charge in [-0.3, -0.25) is 4.79 Å². The number of allylic oxidation sites excluding steroid dienone is 2. The molecule has 1 saturated carbocycles. The van der Waals surface area contributed by atoms with Gasteiger partial charge >= 0.3 is 0 Å². The second kappa shape index (κ2) is 4.84. The third-order valence-electron chi connectivity index (χ3n) is 5.30. The van der Waals surface area contributed by atoms with Crippen LogP contribution in [0.1, 0.15) is 47.0 Å². The highest BCUT2D eigenvalue weighted by atomic mass is 79.9. The van der Waals surface area contributed by atoms with E-state index in [1.54, 1.807) is 0 Å². The maximum atomic E-state index is 12.9. The Labute approximate surface area is 137 Å². The van der Waals surface area contributed by atoms with Crippen molar-refractivity contribution in [3.05, 3.63) is 10.6 Å². The highest BCUT2D eigenvalue weighted by molar-refractivity contribution is 9.11. The van der Waals surface area contributed by atoms with E-state index in [4.69, 9.17) is 11.6 Å². The lowest BCUT2D eigenvalue weighted by Crippen LogP contribution is -2.56. The van der Waals surface area contributed by atoms with Gasteiger partial charge in [-0.15, -0.1) is 11.6 Å². The Hall–Kier alpha value is 0.660. The van der Waals surface area contributed by atoms with Crippen LogP contribution in [0.15, 0.2) is 10.6 Å². The van der Waals surface area contributed by atoms with Crippen LogP contribution >= 0.6 is 43.5 Å². The highest BCUT2D eigenvalue weighted by Crippen LogP contribution is 2.61. The SMILES string of the molecule is C[C@@H]1C=C(Br)C(C)(C)[C@@]2(CC[C@@](C)(Cl)[C@H](Br)C2)C1=O. The number of carbonyl (C=O) groups is 1. The van der Waals surface area contributed by atoms with Gasteiger partial charge in [-0.05, 0) is 30.7 Å². The number of hydrogen-bond donors (Lipinski definition) is 0. The Morgan fingerprint density at radius 2 is 1.89 bits per heavy atom. The average molecular weight is 413 g/mol. The van der Waals surface area contributed by atoms with Gasteiger partial charge in [0.15, 0.2) is 0 Å². The van der Waals surface area contributed by atoms with Crippen LogP contribution in [0.25, 0.3) is 0 Å². The van der Waals surface area contributed by atoms with Crippen LogP contribution in [0.4, 0.5) is 0 Å². The molecule has 4 heteroatoms. The van der Waals surface area contributed by atoms with Crippen LogP contribution in [0.2, 0.25) is 0 Å². The van der Waals surface area contributed by atoms with Crippen LogP contribution in [-0.4, -0.2) is 15.5 Å². The molecule has 1 spiro atoms. The molecule has 108 valence electrons. The number of ketones is 1. The molecule has 0 heterocycles. The summed E-state index contributed by atoms with van der Waals surface area (Å²) >= 11 is 14.0. The molecule has 4 atom stereocenters. The second-order valence-electron chi connectivity index (χ2n) is 6.82. The predicted octanol–water partition coefficient (Wildman–Crippen LogP) is 5.44. The van der Waals surface area contributed by atoms with E-state index in [0.29, 0.717) is 5.78 Å². The van der Waals surface area contributed by atoms with E-state index in [1.165, 1.54) is 0 Å². The van der Waals surface area contributed by atoms with Gasteiger partial charge < -0.3 is 0 Å². The van der Waals surface area contributed by atoms with Crippen LogP contribution in [0.5, 0.6) is 0 Å². The molecule has 0 bridgehead atoms. The molecule has 0 aromatic rings. The number of rotatable bonds is 0. The first-order chi connectivity index (χ1) is 8.54. The molecule has 0 N–H and O–H groups in total. The summed E-state index contributed by atoms with van der Waals surface area (Å²) in [5.74, 6) is 0.360. The van der Waals surface area contributed by atoms with Crippen molar-refractivity contribution in [2.75, 3.05) is 0 Å². The van der Waals surface area contributed by atoms with Crippen molar-refractivity contribution >= 4 is 49.2 Å². The maximum absolute atomic E-state index is 12.9. The molecule has 0 unspecified atom stereocenters. The van der Waals surface area contributed by atoms with E-state index in [-0.39, 0.29) is 26.4 Å². The van der Waals surface area contributed by atoms with Crippen LogP contribution in [0.3, 0.4) is 0 Å². The van der Waals surface area contributed by atoms with Crippen molar-refractivity contribution < 1.29 is 4.79 Å². The molecule has 0 aliphatic heterocycles. The molecule has 19 heavy (non-hydrogen) atoms. The van der Waals surface area contributed by atoms with Gasteiger partial charge in [0, 0.05) is 21.6 Å². The Morgan fingerprint density at radius 1 is 1.32 bits per heavy atom. The van der Waals surface area contributed by atoms with E-state index < -0.39 is 0 Å². The summed E-state index contributed by atoms with van der Waals surface area (Å²) in [5.41, 5.74) is -0.460. The second-order valence-corrected chi connectivity index (χ2v) is 9.65. The van der Waals surface area contributed by atoms with Crippen LogP contribution < -0.4 is 0 Å². The van der Waals surface area contributed by atoms with E-state index in [2.05, 4.69) is 58.7 Å². The van der Waals surface area contributed by atoms with E-state index in [0.717, 1.165) is 23.7 Å². The number of Topliss-reactive ketones (excluding diaryl/α,β-unsaturated/α-hetero) is 1. The molecule has 1 fully saturated rings. The van der Waals surface area contributed by atoms with E-state index in [9.17, 15) is 4.79 Å². The largest absolute Gasteiger partial charge is 0.298 e. The molecular weight excluding hydrogens is 391 g/mol. The van der Waals surface area contributed by atoms with Crippen molar-refractivity contribution in [3.63, 3.8) is 0 Å². The maximum Gasteiger partial charge on any atom is 0.146 e. The molecule has 0 saturated heterocycles. The number of halogens is 3. The Bertz CT molecular complexity index is 441. The fourth-order valence-corrected chi connectivity index (χ4v) is 5.23. The summed E-state index contributed by atoms with van der Waals surface area (Å²) in [4.78, 5) is 12.8. The van der Waals surface area contributed by atoms with Gasteiger partial charge in [0.25, 0.3) is 0 Å². The van der Waals surface area contributed by atoms with Crippen LogP contribution in [0, 0.1) is 16.7 Å². The zero-order chi connectivity index (χ0) is 14.6. The first-order valence-electron chi connectivity index (χ1n) is 6.80. The van der Waals surface area contributed by atoms with Gasteiger partial charge in [0.05, 0.1) is 4.87 Å². The summed E-state index contributed by atoms with van der Waals surface area (Å²) in [6, 6.07) is 0. The minimum Gasteiger partial charge on any atom is -0.298 e. The summed E-state index contributed by atoms with van der Waals surface area (Å²) in [6.45, 7) is 8.41. The first kappa shape index (κ1) is 16.0. The smallest absolute Gasteiger partial charge is 0.146 e. The minimum atomic E-state index is -0.303. The van der Waals surface area contributed by atoms with Crippen molar-refractivity contribution in [2.24, 2.45) is 16.7 Å². The molecule has 0 radical (unpaired) electrons. The standard InChI is InChI=1S/C15H21Br2ClO/c1-9-7-10(16)13(2,3)15(12(9)19)6-5-14(4,18)11(17)8-15/h7,9,11H,5-6,8H2,1-4H3/t9-,11-,14-,15-/m1/s1. The lowest BCUT2D eigenvalue weighted by molar-refractivity contribution is -0.141. The third-order valence-corrected chi connectivity index (χ3v) is 8.60. The van der Waals surface area contributed by atoms with Crippen molar-refractivity contribution in [1.82, 2.24) is 0 Å². The van der Waals surface area contributed by atoms with E-state index in [1.807, 2.05) is 6.92 Å². The number of hydrogen-bond acceptors (Lipinski definition) is 1. The molecule has 2 aliphatic carbocycles. The summed E-state index contributed by atoms with van der Waals surface area (Å²) in [5, 5.41) is 0. The molecule has 2 aliphatic rings. The first-order valence-corrected chi connectivity index (χ1v) is 8.88. The zero-order valence-electron chi connectivity index (χ0n) is 11.9. The van der Waals surface area contributed by atoms with Gasteiger partial charge in [-0.1, -0.05) is 58.7 Å². The molecule has 0 amide bonds. The quantitative estimate of drug-likeness (QED) is 0.484. The zero-order valence-corrected chi connectivity index (χ0v) is 15.8. The van der Waals surface area contributed by atoms with Gasteiger partial charge in [0.1, 0.15) is 5.78 Å². The van der Waals surface area contributed by atoms with E-state index >= 15 is 0 Å². The van der Waals surface area contributed by atoms with Crippen molar-refractivity contribution in [2.45, 2.75) is 56.7 Å². The minimum absolute atomic E-state index is 0.0122. The normalized spacial score (nSPS) is 46.3. The third kappa shape index (κ3) is 2.28. The number of alkyl halides is 2. The van der Waals surface area contributed by atoms with Gasteiger partial charge in [0.2, 0.25) is 0 Å². The average Bonchev–Trinajstić information content (AvgIpc) is 2.30.